The van der Waals surface area contributed by atoms with Crippen LogP contribution in [-0.2, 0) is 22.4 Å². The van der Waals surface area contributed by atoms with Crippen LogP contribution < -0.4 is 16.0 Å². The average molecular weight is 555 g/mol. The smallest absolute Gasteiger partial charge is 0.273 e. The maximum Gasteiger partial charge on any atom is 0.273 e. The number of hydrogen-bond donors (Lipinski definition) is 3. The maximum atomic E-state index is 12.5. The van der Waals surface area contributed by atoms with Gasteiger partial charge in [0.2, 0.25) is 0 Å². The lowest BCUT2D eigenvalue weighted by Gasteiger charge is -2.05. The van der Waals surface area contributed by atoms with E-state index in [4.69, 9.17) is 0 Å². The number of aromatic nitrogens is 2. The largest absolute Gasteiger partial charge is 0.355 e. The highest BCUT2D eigenvalue weighted by Crippen LogP contribution is 2.29. The summed E-state index contributed by atoms with van der Waals surface area (Å²) in [5.41, 5.74) is 12.6. The minimum atomic E-state index is -0.0984. The van der Waals surface area contributed by atoms with Crippen LogP contribution in [0.4, 0.5) is 0 Å². The van der Waals surface area contributed by atoms with Gasteiger partial charge in [-0.1, -0.05) is 53.4 Å². The molecule has 0 radical (unpaired) electrons. The molecule has 0 fully saturated rings. The van der Waals surface area contributed by atoms with Gasteiger partial charge in [-0.2, -0.15) is 0 Å². The summed E-state index contributed by atoms with van der Waals surface area (Å²) in [6, 6.07) is 0. The Morgan fingerprint density at radius 3 is 1.93 bits per heavy atom. The van der Waals surface area contributed by atoms with Crippen molar-refractivity contribution in [1.82, 2.24) is 15.3 Å². The van der Waals surface area contributed by atoms with Crippen molar-refractivity contribution in [2.24, 2.45) is 4.99 Å². The quantitative estimate of drug-likeness (QED) is 0.311. The second kappa shape index (κ2) is 12.9. The number of nitrogens with one attached hydrogen (secondary N) is 3. The van der Waals surface area contributed by atoms with E-state index in [1.165, 1.54) is 22.3 Å². The number of hydrogen-bond acceptors (Lipinski definition) is 2. The van der Waals surface area contributed by atoms with Crippen molar-refractivity contribution in [3.05, 3.63) is 72.3 Å². The summed E-state index contributed by atoms with van der Waals surface area (Å²) < 4.78 is 0. The van der Waals surface area contributed by atoms with Crippen LogP contribution in [0.15, 0.2) is 33.0 Å². The maximum absolute atomic E-state index is 12.5. The normalized spacial score (nSPS) is 17.7. The van der Waals surface area contributed by atoms with E-state index in [1.807, 2.05) is 19.9 Å². The van der Waals surface area contributed by atoms with E-state index in [0.29, 0.717) is 0 Å². The lowest BCUT2D eigenvalue weighted by atomic mass is 10.0. The summed E-state index contributed by atoms with van der Waals surface area (Å²) in [6.45, 7) is 16.9. The highest BCUT2D eigenvalue weighted by atomic mass is 16.2. The first-order valence-electron chi connectivity index (χ1n) is 15.3. The monoisotopic (exact) mass is 554 g/mol. The van der Waals surface area contributed by atoms with Crippen LogP contribution in [-0.4, -0.2) is 27.5 Å². The molecule has 2 amide bonds. The van der Waals surface area contributed by atoms with Crippen molar-refractivity contribution in [2.45, 2.75) is 107 Å². The fourth-order valence-corrected chi connectivity index (χ4v) is 6.05. The molecule has 0 aliphatic carbocycles. The van der Waals surface area contributed by atoms with Crippen molar-refractivity contribution >= 4 is 35.8 Å². The van der Waals surface area contributed by atoms with Gasteiger partial charge in [0.1, 0.15) is 0 Å². The van der Waals surface area contributed by atoms with Gasteiger partial charge in [-0.3, -0.25) is 9.59 Å². The summed E-state index contributed by atoms with van der Waals surface area (Å²) in [5.74, 6) is -0.0986. The van der Waals surface area contributed by atoms with E-state index < -0.39 is 0 Å². The minimum absolute atomic E-state index is 0.000196. The number of H-pyrrole nitrogens is 2. The van der Waals surface area contributed by atoms with Crippen molar-refractivity contribution in [2.75, 3.05) is 0 Å². The summed E-state index contributed by atoms with van der Waals surface area (Å²) in [7, 11) is 0. The fraction of sp³-hybridized carbons (Fsp3) is 0.457. The third kappa shape index (κ3) is 6.02. The molecular weight excluding hydrogens is 508 g/mol. The molecule has 2 aliphatic heterocycles. The van der Waals surface area contributed by atoms with Gasteiger partial charge in [0, 0.05) is 38.9 Å². The van der Waals surface area contributed by atoms with Crippen LogP contribution in [0.1, 0.15) is 114 Å². The molecule has 0 bridgehead atoms. The fourth-order valence-electron chi connectivity index (χ4n) is 6.05. The number of aliphatic imine (C=N–C) groups is 1. The molecule has 6 heteroatoms. The number of carbonyl (C=O) groups excluding carboxylic acids is 2. The Balaban J connectivity index is 1.85. The minimum Gasteiger partial charge on any atom is -0.355 e. The Kier molecular flexibility index (Phi) is 9.52. The number of carbonyl (C=O) groups is 2. The van der Waals surface area contributed by atoms with Gasteiger partial charge in [0.15, 0.2) is 0 Å². The van der Waals surface area contributed by atoms with Crippen LogP contribution >= 0.6 is 0 Å². The van der Waals surface area contributed by atoms with Gasteiger partial charge in [-0.15, -0.1) is 0 Å². The van der Waals surface area contributed by atoms with Crippen molar-refractivity contribution < 1.29 is 9.59 Å². The zero-order chi connectivity index (χ0) is 29.8. The number of aromatic amines is 2. The van der Waals surface area contributed by atoms with E-state index in [1.54, 1.807) is 0 Å². The van der Waals surface area contributed by atoms with Crippen LogP contribution in [0.5, 0.6) is 0 Å². The molecule has 6 nitrogen and oxygen atoms in total. The molecule has 0 unspecified atom stereocenters. The second-order valence-corrected chi connectivity index (χ2v) is 11.4. The van der Waals surface area contributed by atoms with Gasteiger partial charge >= 0.3 is 0 Å². The molecule has 0 spiro atoms. The van der Waals surface area contributed by atoms with Gasteiger partial charge < -0.3 is 15.3 Å². The Labute approximate surface area is 244 Å². The van der Waals surface area contributed by atoms with Gasteiger partial charge in [0.05, 0.1) is 5.71 Å². The molecule has 0 atom stereocenters. The number of allylic oxidation sites excluding steroid dienone is 2. The molecule has 0 saturated carbocycles. The Morgan fingerprint density at radius 1 is 0.634 bits per heavy atom. The van der Waals surface area contributed by atoms with Crippen molar-refractivity contribution in [3.8, 4) is 0 Å². The van der Waals surface area contributed by atoms with Crippen molar-refractivity contribution in [1.29, 1.82) is 0 Å². The number of rotatable bonds is 11. The molecule has 0 aromatic carbocycles. The molecule has 4 rings (SSSR count). The number of amides is 2. The first-order chi connectivity index (χ1) is 19.6. The lowest BCUT2D eigenvalue weighted by Crippen LogP contribution is -2.15. The molecule has 0 saturated heterocycles. The summed E-state index contributed by atoms with van der Waals surface area (Å²) in [5, 5.41) is 5.17. The number of nitrogens with zero attached hydrogens (tertiary/aromatic N) is 1. The second-order valence-electron chi connectivity index (χ2n) is 11.4. The zero-order valence-corrected chi connectivity index (χ0v) is 26.2. The molecule has 3 N–H and O–H groups in total. The molecule has 218 valence electrons. The van der Waals surface area contributed by atoms with E-state index in [2.05, 4.69) is 74.0 Å². The SMILES string of the molecule is CCCC1=C(C)C(C=c2[nH]c(=Cc3[nH]c(C=C4NC(=O)C(C)=C4CCC)c(C)c3CCC)c(CCC)c2C)=NC1=O. The van der Waals surface area contributed by atoms with E-state index in [-0.39, 0.29) is 11.8 Å². The zero-order valence-electron chi connectivity index (χ0n) is 26.2. The third-order valence-corrected chi connectivity index (χ3v) is 8.44. The van der Waals surface area contributed by atoms with E-state index >= 15 is 0 Å². The standard InChI is InChI=1S/C35H46N4O2/c1-9-13-24-20(5)28(17-30-22(7)27(16-12-4)35(41)38-30)36-31(24)19-32-25(14-10-2)21(6)29(37-32)18-33-26(15-11-3)23(8)34(40)39-33/h17-19,36-37H,9-16H2,1-8H3,(H,39,40). The summed E-state index contributed by atoms with van der Waals surface area (Å²) in [6.07, 6.45) is 13.9. The molecule has 2 aliphatic rings. The van der Waals surface area contributed by atoms with E-state index in [0.717, 1.165) is 107 Å². The predicted molar refractivity (Wildman–Crippen MR) is 170 cm³/mol. The molecule has 2 aromatic heterocycles. The lowest BCUT2D eigenvalue weighted by molar-refractivity contribution is -0.116. The predicted octanol–water partition coefficient (Wildman–Crippen LogP) is 6.16. The topological polar surface area (TPSA) is 90.1 Å². The first kappa shape index (κ1) is 30.3. The van der Waals surface area contributed by atoms with Gasteiger partial charge in [-0.05, 0) is 105 Å². The van der Waals surface area contributed by atoms with Crippen molar-refractivity contribution in [3.63, 3.8) is 0 Å². The Hall–Kier alpha value is -3.67. The summed E-state index contributed by atoms with van der Waals surface area (Å²) in [4.78, 5) is 36.7. The first-order valence-corrected chi connectivity index (χ1v) is 15.3. The average Bonchev–Trinajstić information content (AvgIpc) is 3.57. The highest BCUT2D eigenvalue weighted by molar-refractivity contribution is 6.30. The van der Waals surface area contributed by atoms with Crippen LogP contribution in [0.3, 0.4) is 0 Å². The van der Waals surface area contributed by atoms with E-state index in [9.17, 15) is 9.59 Å². The van der Waals surface area contributed by atoms with Crippen LogP contribution in [0.25, 0.3) is 18.2 Å². The molecular formula is C35H46N4O2. The third-order valence-electron chi connectivity index (χ3n) is 8.44. The van der Waals surface area contributed by atoms with Gasteiger partial charge in [-0.25, -0.2) is 4.99 Å². The Morgan fingerprint density at radius 2 is 1.27 bits per heavy atom. The molecule has 4 heterocycles. The highest BCUT2D eigenvalue weighted by Gasteiger charge is 2.24. The molecule has 41 heavy (non-hydrogen) atoms. The van der Waals surface area contributed by atoms with Gasteiger partial charge in [0.25, 0.3) is 11.8 Å². The summed E-state index contributed by atoms with van der Waals surface area (Å²) >= 11 is 0. The van der Waals surface area contributed by atoms with Crippen LogP contribution in [0, 0.1) is 13.8 Å². The van der Waals surface area contributed by atoms with Crippen LogP contribution in [0.2, 0.25) is 0 Å². The molecule has 2 aromatic rings. The Bertz CT molecular complexity index is 1620.